The van der Waals surface area contributed by atoms with Crippen LogP contribution >= 0.6 is 0 Å². The molecule has 0 bridgehead atoms. The average molecular weight is 135 g/mol. The first-order valence-corrected chi connectivity index (χ1v) is 2.72. The van der Waals surface area contributed by atoms with E-state index in [1.54, 1.807) is 0 Å². The number of hydrogen-bond acceptors (Lipinski definition) is 3. The summed E-state index contributed by atoms with van der Waals surface area (Å²) in [5.41, 5.74) is 0.842. The lowest BCUT2D eigenvalue weighted by Crippen LogP contribution is -1.86. The highest BCUT2D eigenvalue weighted by Gasteiger charge is 1.91. The van der Waals surface area contributed by atoms with Gasteiger partial charge in [0, 0.05) is 23.5 Å². The lowest BCUT2D eigenvalue weighted by atomic mass is 10.2. The van der Waals surface area contributed by atoms with Crippen molar-refractivity contribution in [1.82, 2.24) is 4.98 Å². The fourth-order valence-corrected chi connectivity index (χ4v) is 0.605. The molecule has 0 N–H and O–H groups in total. The molecule has 50 valence electrons. The van der Waals surface area contributed by atoms with Crippen LogP contribution in [0.2, 0.25) is 0 Å². The zero-order valence-electron chi connectivity index (χ0n) is 5.15. The van der Waals surface area contributed by atoms with Crippen molar-refractivity contribution < 1.29 is 9.59 Å². The quantitative estimate of drug-likeness (QED) is 0.561. The lowest BCUT2D eigenvalue weighted by Gasteiger charge is -1.88. The SMILES string of the molecule is O=Cc1cncc(C=O)c1. The number of nitrogens with zero attached hydrogens (tertiary/aromatic N) is 1. The molecule has 0 aromatic carbocycles. The summed E-state index contributed by atoms with van der Waals surface area (Å²) in [7, 11) is 0. The van der Waals surface area contributed by atoms with E-state index < -0.39 is 0 Å². The van der Waals surface area contributed by atoms with E-state index in [1.165, 1.54) is 18.5 Å². The molecular formula is C7H5NO2. The number of carbonyl (C=O) groups is 2. The maximum absolute atomic E-state index is 10.1. The molecule has 1 aromatic rings. The van der Waals surface area contributed by atoms with Crippen LogP contribution in [0.5, 0.6) is 0 Å². The molecule has 0 saturated heterocycles. The minimum Gasteiger partial charge on any atom is -0.298 e. The zero-order valence-corrected chi connectivity index (χ0v) is 5.15. The molecule has 3 heteroatoms. The van der Waals surface area contributed by atoms with Gasteiger partial charge in [-0.2, -0.15) is 0 Å². The van der Waals surface area contributed by atoms with Gasteiger partial charge in [-0.1, -0.05) is 0 Å². The Morgan fingerprint density at radius 2 is 1.60 bits per heavy atom. The Hall–Kier alpha value is -1.51. The summed E-state index contributed by atoms with van der Waals surface area (Å²) >= 11 is 0. The van der Waals surface area contributed by atoms with Crippen molar-refractivity contribution in [2.75, 3.05) is 0 Å². The largest absolute Gasteiger partial charge is 0.298 e. The molecule has 0 unspecified atom stereocenters. The van der Waals surface area contributed by atoms with E-state index in [9.17, 15) is 9.59 Å². The van der Waals surface area contributed by atoms with Crippen molar-refractivity contribution >= 4 is 12.6 Å². The molecule has 0 aliphatic carbocycles. The highest BCUT2D eigenvalue weighted by molar-refractivity contribution is 5.80. The van der Waals surface area contributed by atoms with Crippen LogP contribution in [0.3, 0.4) is 0 Å². The number of aldehydes is 2. The summed E-state index contributed by atoms with van der Waals surface area (Å²) in [4.78, 5) is 23.9. The number of hydrogen-bond donors (Lipinski definition) is 0. The standard InChI is InChI=1S/C7H5NO2/c9-4-6-1-7(5-10)3-8-2-6/h1-5H. The van der Waals surface area contributed by atoms with Gasteiger partial charge in [-0.15, -0.1) is 0 Å². The number of pyridine rings is 1. The summed E-state index contributed by atoms with van der Waals surface area (Å²) in [5, 5.41) is 0. The van der Waals surface area contributed by atoms with Crippen LogP contribution in [0.1, 0.15) is 20.7 Å². The zero-order chi connectivity index (χ0) is 7.40. The predicted molar refractivity (Wildman–Crippen MR) is 35.0 cm³/mol. The van der Waals surface area contributed by atoms with Crippen molar-refractivity contribution in [1.29, 1.82) is 0 Å². The maximum Gasteiger partial charge on any atom is 0.151 e. The van der Waals surface area contributed by atoms with Crippen molar-refractivity contribution in [3.05, 3.63) is 29.6 Å². The van der Waals surface area contributed by atoms with Crippen LogP contribution in [-0.4, -0.2) is 17.6 Å². The normalized spacial score (nSPS) is 8.80. The molecular weight excluding hydrogens is 130 g/mol. The van der Waals surface area contributed by atoms with Gasteiger partial charge in [0.15, 0.2) is 12.6 Å². The fourth-order valence-electron chi connectivity index (χ4n) is 0.605. The van der Waals surface area contributed by atoms with Crippen LogP contribution in [0.25, 0.3) is 0 Å². The van der Waals surface area contributed by atoms with E-state index in [0.29, 0.717) is 23.7 Å². The monoisotopic (exact) mass is 135 g/mol. The van der Waals surface area contributed by atoms with E-state index >= 15 is 0 Å². The Morgan fingerprint density at radius 3 is 2.00 bits per heavy atom. The second-order valence-corrected chi connectivity index (χ2v) is 1.79. The van der Waals surface area contributed by atoms with Gasteiger partial charge in [-0.3, -0.25) is 14.6 Å². The second-order valence-electron chi connectivity index (χ2n) is 1.79. The smallest absolute Gasteiger partial charge is 0.151 e. The lowest BCUT2D eigenvalue weighted by molar-refractivity contribution is 0.112. The molecule has 0 atom stereocenters. The van der Waals surface area contributed by atoms with Crippen LogP contribution in [0.4, 0.5) is 0 Å². The van der Waals surface area contributed by atoms with Crippen LogP contribution < -0.4 is 0 Å². The minimum absolute atomic E-state index is 0.421. The van der Waals surface area contributed by atoms with Crippen molar-refractivity contribution in [2.24, 2.45) is 0 Å². The number of rotatable bonds is 2. The number of carbonyl (C=O) groups excluding carboxylic acids is 2. The average Bonchev–Trinajstić information content (AvgIpc) is 2.05. The van der Waals surface area contributed by atoms with Gasteiger partial charge in [0.25, 0.3) is 0 Å². The molecule has 0 aliphatic heterocycles. The highest BCUT2D eigenvalue weighted by Crippen LogP contribution is 1.95. The molecule has 0 saturated carbocycles. The number of aromatic nitrogens is 1. The molecule has 1 rings (SSSR count). The molecule has 0 aliphatic rings. The van der Waals surface area contributed by atoms with Gasteiger partial charge < -0.3 is 0 Å². The maximum atomic E-state index is 10.1. The van der Waals surface area contributed by atoms with E-state index in [2.05, 4.69) is 4.98 Å². The van der Waals surface area contributed by atoms with Gasteiger partial charge in [-0.05, 0) is 6.07 Å². The molecule has 1 heterocycles. The predicted octanol–water partition coefficient (Wildman–Crippen LogP) is 0.707. The van der Waals surface area contributed by atoms with Gasteiger partial charge in [0.05, 0.1) is 0 Å². The second kappa shape index (κ2) is 2.87. The molecule has 0 amide bonds. The van der Waals surface area contributed by atoms with Crippen LogP contribution in [-0.2, 0) is 0 Å². The Morgan fingerprint density at radius 1 is 1.10 bits per heavy atom. The van der Waals surface area contributed by atoms with Crippen molar-refractivity contribution in [3.63, 3.8) is 0 Å². The fraction of sp³-hybridized carbons (Fsp3) is 0. The third-order valence-electron chi connectivity index (χ3n) is 1.05. The topological polar surface area (TPSA) is 47.0 Å². The van der Waals surface area contributed by atoms with Crippen molar-refractivity contribution in [2.45, 2.75) is 0 Å². The third kappa shape index (κ3) is 1.25. The summed E-state index contributed by atoms with van der Waals surface area (Å²) < 4.78 is 0. The minimum atomic E-state index is 0.421. The van der Waals surface area contributed by atoms with Crippen LogP contribution in [0.15, 0.2) is 18.5 Å². The summed E-state index contributed by atoms with van der Waals surface area (Å²) in [6, 6.07) is 1.48. The Kier molecular flexibility index (Phi) is 1.89. The molecule has 1 aromatic heterocycles. The van der Waals surface area contributed by atoms with Crippen LogP contribution in [0, 0.1) is 0 Å². The molecule has 0 fully saturated rings. The van der Waals surface area contributed by atoms with E-state index in [1.807, 2.05) is 0 Å². The first-order chi connectivity index (χ1) is 4.86. The molecule has 0 spiro atoms. The van der Waals surface area contributed by atoms with Gasteiger partial charge in [0.1, 0.15) is 0 Å². The first-order valence-electron chi connectivity index (χ1n) is 2.72. The van der Waals surface area contributed by atoms with E-state index in [0.717, 1.165) is 0 Å². The van der Waals surface area contributed by atoms with Gasteiger partial charge in [-0.25, -0.2) is 0 Å². The Bertz CT molecular complexity index is 234. The Labute approximate surface area is 57.7 Å². The molecule has 0 radical (unpaired) electrons. The van der Waals surface area contributed by atoms with Gasteiger partial charge in [0.2, 0.25) is 0 Å². The van der Waals surface area contributed by atoms with Crippen molar-refractivity contribution in [3.8, 4) is 0 Å². The summed E-state index contributed by atoms with van der Waals surface area (Å²) in [5.74, 6) is 0. The van der Waals surface area contributed by atoms with E-state index in [4.69, 9.17) is 0 Å². The molecule has 3 nitrogen and oxygen atoms in total. The van der Waals surface area contributed by atoms with Gasteiger partial charge >= 0.3 is 0 Å². The first kappa shape index (κ1) is 6.61. The summed E-state index contributed by atoms with van der Waals surface area (Å²) in [6.07, 6.45) is 4.11. The molecule has 10 heavy (non-hydrogen) atoms. The highest BCUT2D eigenvalue weighted by atomic mass is 16.1. The Balaban J connectivity index is 3.09. The van der Waals surface area contributed by atoms with E-state index in [-0.39, 0.29) is 0 Å². The summed E-state index contributed by atoms with van der Waals surface area (Å²) in [6.45, 7) is 0. The third-order valence-corrected chi connectivity index (χ3v) is 1.05.